The summed E-state index contributed by atoms with van der Waals surface area (Å²) >= 11 is 0. The summed E-state index contributed by atoms with van der Waals surface area (Å²) in [5.41, 5.74) is 0.731. The smallest absolute Gasteiger partial charge is 0.387 e. The van der Waals surface area contributed by atoms with Crippen molar-refractivity contribution in [2.45, 2.75) is 19.6 Å². The van der Waals surface area contributed by atoms with Gasteiger partial charge in [0.15, 0.2) is 0 Å². The molecule has 0 radical (unpaired) electrons. The molecule has 0 bridgehead atoms. The van der Waals surface area contributed by atoms with E-state index in [4.69, 9.17) is 0 Å². The van der Waals surface area contributed by atoms with Crippen molar-refractivity contribution in [1.29, 1.82) is 0 Å². The van der Waals surface area contributed by atoms with Crippen LogP contribution in [0.1, 0.15) is 18.5 Å². The minimum absolute atomic E-state index is 0.0818. The van der Waals surface area contributed by atoms with Gasteiger partial charge in [-0.25, -0.2) is 4.98 Å². The lowest BCUT2D eigenvalue weighted by Gasteiger charge is -2.16. The summed E-state index contributed by atoms with van der Waals surface area (Å²) in [6.45, 7) is -1.05. The Balaban J connectivity index is 2.10. The maximum atomic E-state index is 13.0. The summed E-state index contributed by atoms with van der Waals surface area (Å²) < 4.78 is 41.6. The number of alkyl halides is 2. The van der Waals surface area contributed by atoms with Gasteiger partial charge in [0, 0.05) is 0 Å². The fraction of sp³-hybridized carbons (Fsp3) is 0.214. The predicted molar refractivity (Wildman–Crippen MR) is 69.3 cm³/mol. The Morgan fingerprint density at radius 3 is 2.60 bits per heavy atom. The molecule has 3 nitrogen and oxygen atoms in total. The first-order valence-electron chi connectivity index (χ1n) is 5.98. The van der Waals surface area contributed by atoms with E-state index in [1.54, 1.807) is 18.2 Å². The van der Waals surface area contributed by atoms with E-state index in [2.05, 4.69) is 15.0 Å². The van der Waals surface area contributed by atoms with Gasteiger partial charge in [0.2, 0.25) is 5.95 Å². The number of nitrogens with zero attached hydrogens (tertiary/aromatic N) is 1. The fourth-order valence-electron chi connectivity index (χ4n) is 1.75. The van der Waals surface area contributed by atoms with Crippen molar-refractivity contribution >= 4 is 5.82 Å². The van der Waals surface area contributed by atoms with Gasteiger partial charge in [0.25, 0.3) is 0 Å². The van der Waals surface area contributed by atoms with Gasteiger partial charge in [-0.15, -0.1) is 0 Å². The predicted octanol–water partition coefficient (Wildman–Crippen LogP) is 4.00. The molecule has 0 saturated heterocycles. The molecular formula is C14H13F3N2O. The van der Waals surface area contributed by atoms with Crippen LogP contribution in [0.5, 0.6) is 5.75 Å². The first kappa shape index (κ1) is 14.2. The van der Waals surface area contributed by atoms with Crippen LogP contribution in [0.15, 0.2) is 42.5 Å². The zero-order valence-corrected chi connectivity index (χ0v) is 10.7. The van der Waals surface area contributed by atoms with Gasteiger partial charge in [-0.1, -0.05) is 18.2 Å². The van der Waals surface area contributed by atoms with E-state index in [-0.39, 0.29) is 11.8 Å². The second-order valence-electron chi connectivity index (χ2n) is 4.16. The molecule has 106 valence electrons. The number of hydrogen-bond acceptors (Lipinski definition) is 3. The maximum Gasteiger partial charge on any atom is 0.387 e. The molecule has 1 aromatic heterocycles. The van der Waals surface area contributed by atoms with Gasteiger partial charge >= 0.3 is 6.61 Å². The number of halogens is 3. The minimum atomic E-state index is -2.86. The van der Waals surface area contributed by atoms with E-state index in [1.807, 2.05) is 6.92 Å². The molecule has 1 unspecified atom stereocenters. The van der Waals surface area contributed by atoms with Crippen molar-refractivity contribution < 1.29 is 17.9 Å². The van der Waals surface area contributed by atoms with E-state index >= 15 is 0 Å². The van der Waals surface area contributed by atoms with Crippen molar-refractivity contribution in [3.05, 3.63) is 54.0 Å². The Labute approximate surface area is 114 Å². The monoisotopic (exact) mass is 282 g/mol. The topological polar surface area (TPSA) is 34.2 Å². The third kappa shape index (κ3) is 3.88. The van der Waals surface area contributed by atoms with E-state index in [0.717, 1.165) is 5.56 Å². The Bertz CT molecular complexity index is 578. The quantitative estimate of drug-likeness (QED) is 0.842. The van der Waals surface area contributed by atoms with Crippen molar-refractivity contribution in [3.8, 4) is 5.75 Å². The molecule has 0 aliphatic rings. The average Bonchev–Trinajstić information content (AvgIpc) is 2.38. The van der Waals surface area contributed by atoms with Gasteiger partial charge < -0.3 is 10.1 Å². The van der Waals surface area contributed by atoms with Crippen LogP contribution in [-0.2, 0) is 0 Å². The minimum Gasteiger partial charge on any atom is -0.435 e. The lowest BCUT2D eigenvalue weighted by molar-refractivity contribution is -0.0498. The Morgan fingerprint density at radius 2 is 1.90 bits per heavy atom. The van der Waals surface area contributed by atoms with E-state index in [1.165, 1.54) is 24.3 Å². The molecular weight excluding hydrogens is 269 g/mol. The molecule has 20 heavy (non-hydrogen) atoms. The Hall–Kier alpha value is -2.24. The standard InChI is InChI=1S/C14H13F3N2O/c1-9(18-13-7-3-6-12(15)19-13)10-4-2-5-11(8-10)20-14(16)17/h2-9,14H,1H3,(H,18,19). The molecule has 2 aromatic rings. The van der Waals surface area contributed by atoms with Crippen LogP contribution < -0.4 is 10.1 Å². The third-order valence-electron chi connectivity index (χ3n) is 2.66. The molecule has 1 heterocycles. The Morgan fingerprint density at radius 1 is 1.15 bits per heavy atom. The van der Waals surface area contributed by atoms with E-state index < -0.39 is 12.6 Å². The molecule has 2 rings (SSSR count). The molecule has 1 atom stereocenters. The maximum absolute atomic E-state index is 13.0. The van der Waals surface area contributed by atoms with Gasteiger partial charge in [0.1, 0.15) is 11.6 Å². The van der Waals surface area contributed by atoms with Crippen molar-refractivity contribution in [2.24, 2.45) is 0 Å². The number of benzene rings is 1. The summed E-state index contributed by atoms with van der Waals surface area (Å²) in [6, 6.07) is 10.5. The number of ether oxygens (including phenoxy) is 1. The van der Waals surface area contributed by atoms with Crippen molar-refractivity contribution in [3.63, 3.8) is 0 Å². The van der Waals surface area contributed by atoms with E-state index in [0.29, 0.717) is 5.82 Å². The molecule has 0 fully saturated rings. The van der Waals surface area contributed by atoms with Crippen LogP contribution in [0.3, 0.4) is 0 Å². The zero-order chi connectivity index (χ0) is 14.5. The van der Waals surface area contributed by atoms with Crippen LogP contribution in [0.25, 0.3) is 0 Å². The number of rotatable bonds is 5. The molecule has 0 aliphatic carbocycles. The van der Waals surface area contributed by atoms with Crippen LogP contribution in [0.4, 0.5) is 19.0 Å². The van der Waals surface area contributed by atoms with Gasteiger partial charge in [-0.3, -0.25) is 0 Å². The molecule has 1 aromatic carbocycles. The van der Waals surface area contributed by atoms with Crippen LogP contribution in [-0.4, -0.2) is 11.6 Å². The normalized spacial score (nSPS) is 12.2. The first-order chi connectivity index (χ1) is 9.54. The summed E-state index contributed by atoms with van der Waals surface area (Å²) in [4.78, 5) is 3.68. The van der Waals surface area contributed by atoms with Crippen LogP contribution in [0.2, 0.25) is 0 Å². The first-order valence-corrected chi connectivity index (χ1v) is 5.98. The molecule has 0 amide bonds. The average molecular weight is 282 g/mol. The third-order valence-corrected chi connectivity index (χ3v) is 2.66. The molecule has 1 N–H and O–H groups in total. The fourth-order valence-corrected chi connectivity index (χ4v) is 1.75. The van der Waals surface area contributed by atoms with Crippen LogP contribution >= 0.6 is 0 Å². The highest BCUT2D eigenvalue weighted by Crippen LogP contribution is 2.23. The van der Waals surface area contributed by atoms with Gasteiger partial charge in [0.05, 0.1) is 6.04 Å². The number of aromatic nitrogens is 1. The largest absolute Gasteiger partial charge is 0.435 e. The summed E-state index contributed by atoms with van der Waals surface area (Å²) in [6.07, 6.45) is 0. The lowest BCUT2D eigenvalue weighted by atomic mass is 10.1. The van der Waals surface area contributed by atoms with Crippen molar-refractivity contribution in [1.82, 2.24) is 4.98 Å². The second kappa shape index (κ2) is 6.27. The summed E-state index contributed by atoms with van der Waals surface area (Å²) in [5.74, 6) is -0.131. The summed E-state index contributed by atoms with van der Waals surface area (Å²) in [7, 11) is 0. The SMILES string of the molecule is CC(Nc1cccc(F)n1)c1cccc(OC(F)F)c1. The highest BCUT2D eigenvalue weighted by molar-refractivity contribution is 5.39. The molecule has 0 saturated carbocycles. The van der Waals surface area contributed by atoms with Crippen molar-refractivity contribution in [2.75, 3.05) is 5.32 Å². The van der Waals surface area contributed by atoms with E-state index in [9.17, 15) is 13.2 Å². The van der Waals surface area contributed by atoms with Gasteiger partial charge in [-0.2, -0.15) is 13.2 Å². The zero-order valence-electron chi connectivity index (χ0n) is 10.7. The highest BCUT2D eigenvalue weighted by atomic mass is 19.3. The molecule has 0 spiro atoms. The summed E-state index contributed by atoms with van der Waals surface area (Å²) in [5, 5.41) is 2.99. The van der Waals surface area contributed by atoms with Crippen LogP contribution in [0, 0.1) is 5.95 Å². The number of nitrogens with one attached hydrogen (secondary N) is 1. The number of anilines is 1. The number of hydrogen-bond donors (Lipinski definition) is 1. The molecule has 6 heteroatoms. The Kier molecular flexibility index (Phi) is 4.45. The second-order valence-corrected chi connectivity index (χ2v) is 4.16. The number of pyridine rings is 1. The lowest BCUT2D eigenvalue weighted by Crippen LogP contribution is -2.09. The van der Waals surface area contributed by atoms with Gasteiger partial charge in [-0.05, 0) is 36.8 Å². The molecule has 0 aliphatic heterocycles. The highest BCUT2D eigenvalue weighted by Gasteiger charge is 2.09.